The summed E-state index contributed by atoms with van der Waals surface area (Å²) in [5, 5.41) is 12.6. The van der Waals surface area contributed by atoms with Crippen LogP contribution in [0.1, 0.15) is 31.9 Å². The van der Waals surface area contributed by atoms with Crippen molar-refractivity contribution in [1.82, 2.24) is 10.2 Å². The molecule has 0 aromatic heterocycles. The van der Waals surface area contributed by atoms with Gasteiger partial charge in [0.05, 0.1) is 12.5 Å². The third-order valence-corrected chi connectivity index (χ3v) is 2.96. The lowest BCUT2D eigenvalue weighted by atomic mass is 10.0. The number of carbonyl (C=O) groups is 2. The highest BCUT2D eigenvalue weighted by Crippen LogP contribution is 2.16. The van der Waals surface area contributed by atoms with Crippen LogP contribution in [0.5, 0.6) is 0 Å². The summed E-state index contributed by atoms with van der Waals surface area (Å²) >= 11 is 0. The lowest BCUT2D eigenvalue weighted by Crippen LogP contribution is -2.54. The third-order valence-electron chi connectivity index (χ3n) is 2.96. The third kappa shape index (κ3) is 4.35. The number of nitrogens with one attached hydrogen (secondary N) is 1. The van der Waals surface area contributed by atoms with Gasteiger partial charge >= 0.3 is 0 Å². The number of hydrogen-bond acceptors (Lipinski definition) is 3. The molecule has 5 nitrogen and oxygen atoms in total. The Balaban J connectivity index is 2.62. The van der Waals surface area contributed by atoms with Crippen LogP contribution in [0.4, 0.5) is 0 Å². The predicted molar refractivity (Wildman–Crippen MR) is 76.9 cm³/mol. The summed E-state index contributed by atoms with van der Waals surface area (Å²) < 4.78 is 0. The molecule has 1 unspecified atom stereocenters. The Morgan fingerprint density at radius 3 is 2.30 bits per heavy atom. The van der Waals surface area contributed by atoms with E-state index in [9.17, 15) is 14.7 Å². The Morgan fingerprint density at radius 1 is 1.25 bits per heavy atom. The molecule has 5 heteroatoms. The molecule has 1 atom stereocenters. The van der Waals surface area contributed by atoms with Crippen molar-refractivity contribution in [2.45, 2.75) is 31.9 Å². The highest BCUT2D eigenvalue weighted by Gasteiger charge is 2.31. The SMILES string of the molecule is CN(C)C(=O)C(C)(C)NC(=O)CC(O)c1ccccc1. The molecule has 0 aliphatic carbocycles. The van der Waals surface area contributed by atoms with Gasteiger partial charge in [0, 0.05) is 14.1 Å². The van der Waals surface area contributed by atoms with E-state index in [1.165, 1.54) is 4.90 Å². The largest absolute Gasteiger partial charge is 0.388 e. The molecule has 0 saturated heterocycles. The second kappa shape index (κ2) is 6.52. The molecule has 2 N–H and O–H groups in total. The topological polar surface area (TPSA) is 69.6 Å². The van der Waals surface area contributed by atoms with Gasteiger partial charge in [-0.3, -0.25) is 9.59 Å². The minimum absolute atomic E-state index is 0.0752. The molecule has 0 aliphatic heterocycles. The molecule has 1 aromatic rings. The molecule has 1 rings (SSSR count). The van der Waals surface area contributed by atoms with Crippen LogP contribution in [0.3, 0.4) is 0 Å². The van der Waals surface area contributed by atoms with Crippen LogP contribution < -0.4 is 5.32 Å². The van der Waals surface area contributed by atoms with Crippen molar-refractivity contribution in [3.05, 3.63) is 35.9 Å². The summed E-state index contributed by atoms with van der Waals surface area (Å²) in [6.45, 7) is 3.28. The number of carbonyl (C=O) groups excluding carboxylic acids is 2. The van der Waals surface area contributed by atoms with Crippen molar-refractivity contribution in [1.29, 1.82) is 0 Å². The number of aliphatic hydroxyl groups is 1. The molecule has 0 bridgehead atoms. The van der Waals surface area contributed by atoms with Crippen LogP contribution in [0.15, 0.2) is 30.3 Å². The number of rotatable bonds is 5. The maximum Gasteiger partial charge on any atom is 0.247 e. The lowest BCUT2D eigenvalue weighted by molar-refractivity contribution is -0.138. The van der Waals surface area contributed by atoms with Gasteiger partial charge < -0.3 is 15.3 Å². The summed E-state index contributed by atoms with van der Waals surface area (Å²) in [6.07, 6.45) is -0.949. The van der Waals surface area contributed by atoms with Crippen LogP contribution in [-0.2, 0) is 9.59 Å². The molecule has 0 heterocycles. The predicted octanol–water partition coefficient (Wildman–Crippen LogP) is 1.09. The molecule has 0 radical (unpaired) electrons. The van der Waals surface area contributed by atoms with E-state index in [1.54, 1.807) is 52.2 Å². The van der Waals surface area contributed by atoms with Gasteiger partial charge in [-0.2, -0.15) is 0 Å². The number of benzene rings is 1. The molecule has 2 amide bonds. The highest BCUT2D eigenvalue weighted by molar-refractivity contribution is 5.90. The smallest absolute Gasteiger partial charge is 0.247 e. The maximum absolute atomic E-state index is 11.9. The van der Waals surface area contributed by atoms with E-state index in [1.807, 2.05) is 6.07 Å². The summed E-state index contributed by atoms with van der Waals surface area (Å²) in [5.74, 6) is -0.554. The number of nitrogens with zero attached hydrogens (tertiary/aromatic N) is 1. The Hall–Kier alpha value is -1.88. The van der Waals surface area contributed by atoms with Crippen LogP contribution in [0.2, 0.25) is 0 Å². The van der Waals surface area contributed by atoms with Crippen molar-refractivity contribution in [2.75, 3.05) is 14.1 Å². The first-order valence-electron chi connectivity index (χ1n) is 6.50. The van der Waals surface area contributed by atoms with Crippen LogP contribution >= 0.6 is 0 Å². The molecule has 0 fully saturated rings. The first-order chi connectivity index (χ1) is 9.24. The molecule has 0 aliphatic rings. The molecular formula is C15H22N2O3. The number of amides is 2. The van der Waals surface area contributed by atoms with E-state index in [4.69, 9.17) is 0 Å². The minimum atomic E-state index is -0.989. The van der Waals surface area contributed by atoms with Crippen LogP contribution in [0, 0.1) is 0 Å². The maximum atomic E-state index is 11.9. The van der Waals surface area contributed by atoms with Crippen molar-refractivity contribution in [2.24, 2.45) is 0 Å². The fourth-order valence-electron chi connectivity index (χ4n) is 1.98. The standard InChI is InChI=1S/C15H22N2O3/c1-15(2,14(20)17(3)4)16-13(19)10-12(18)11-8-6-5-7-9-11/h5-9,12,18H,10H2,1-4H3,(H,16,19). The Morgan fingerprint density at radius 2 is 1.80 bits per heavy atom. The fraction of sp³-hybridized carbons (Fsp3) is 0.467. The Bertz CT molecular complexity index is 469. The van der Waals surface area contributed by atoms with E-state index in [0.29, 0.717) is 5.56 Å². The van der Waals surface area contributed by atoms with Gasteiger partial charge in [-0.15, -0.1) is 0 Å². The summed E-state index contributed by atoms with van der Waals surface area (Å²) in [6, 6.07) is 8.96. The Labute approximate surface area is 119 Å². The molecule has 0 saturated carbocycles. The van der Waals surface area contributed by atoms with Crippen LogP contribution in [0.25, 0.3) is 0 Å². The lowest BCUT2D eigenvalue weighted by Gasteiger charge is -2.28. The molecule has 1 aromatic carbocycles. The number of hydrogen-bond donors (Lipinski definition) is 2. The average molecular weight is 278 g/mol. The number of likely N-dealkylation sites (N-methyl/N-ethyl adjacent to an activating group) is 1. The quantitative estimate of drug-likeness (QED) is 0.847. The van der Waals surface area contributed by atoms with Gasteiger partial charge in [-0.25, -0.2) is 0 Å². The first-order valence-corrected chi connectivity index (χ1v) is 6.50. The van der Waals surface area contributed by atoms with E-state index in [2.05, 4.69) is 5.32 Å². The van der Waals surface area contributed by atoms with E-state index >= 15 is 0 Å². The monoisotopic (exact) mass is 278 g/mol. The summed E-state index contributed by atoms with van der Waals surface area (Å²) in [4.78, 5) is 25.3. The molecule has 0 spiro atoms. The van der Waals surface area contributed by atoms with Gasteiger partial charge in [0.25, 0.3) is 0 Å². The van der Waals surface area contributed by atoms with Gasteiger partial charge in [-0.05, 0) is 19.4 Å². The van der Waals surface area contributed by atoms with Crippen molar-refractivity contribution >= 4 is 11.8 Å². The zero-order valence-electron chi connectivity index (χ0n) is 12.4. The number of aliphatic hydroxyl groups excluding tert-OH is 1. The second-order valence-electron chi connectivity index (χ2n) is 5.50. The normalized spacial score (nSPS) is 12.7. The minimum Gasteiger partial charge on any atom is -0.388 e. The first kappa shape index (κ1) is 16.2. The zero-order chi connectivity index (χ0) is 15.3. The van der Waals surface area contributed by atoms with E-state index in [0.717, 1.165) is 0 Å². The summed E-state index contributed by atoms with van der Waals surface area (Å²) in [5.41, 5.74) is -0.309. The second-order valence-corrected chi connectivity index (χ2v) is 5.50. The average Bonchev–Trinajstić information content (AvgIpc) is 2.37. The van der Waals surface area contributed by atoms with Gasteiger partial charge in [-0.1, -0.05) is 30.3 Å². The molecule has 110 valence electrons. The van der Waals surface area contributed by atoms with Crippen molar-refractivity contribution in [3.63, 3.8) is 0 Å². The van der Waals surface area contributed by atoms with Crippen molar-refractivity contribution < 1.29 is 14.7 Å². The van der Waals surface area contributed by atoms with E-state index < -0.39 is 11.6 Å². The molecule has 20 heavy (non-hydrogen) atoms. The molecular weight excluding hydrogens is 256 g/mol. The Kier molecular flexibility index (Phi) is 5.27. The van der Waals surface area contributed by atoms with E-state index in [-0.39, 0.29) is 18.2 Å². The summed E-state index contributed by atoms with van der Waals surface area (Å²) in [7, 11) is 3.27. The van der Waals surface area contributed by atoms with Gasteiger partial charge in [0.2, 0.25) is 11.8 Å². The zero-order valence-corrected chi connectivity index (χ0v) is 12.4. The van der Waals surface area contributed by atoms with Crippen LogP contribution in [-0.4, -0.2) is 41.5 Å². The van der Waals surface area contributed by atoms with Crippen molar-refractivity contribution in [3.8, 4) is 0 Å². The fourth-order valence-corrected chi connectivity index (χ4v) is 1.98. The van der Waals surface area contributed by atoms with Gasteiger partial charge in [0.1, 0.15) is 5.54 Å². The highest BCUT2D eigenvalue weighted by atomic mass is 16.3. The van der Waals surface area contributed by atoms with Gasteiger partial charge in [0.15, 0.2) is 0 Å².